The van der Waals surface area contributed by atoms with E-state index >= 15 is 0 Å². The predicted octanol–water partition coefficient (Wildman–Crippen LogP) is 1.65. The molecule has 0 aliphatic carbocycles. The fourth-order valence-corrected chi connectivity index (χ4v) is 4.65. The van der Waals surface area contributed by atoms with Crippen molar-refractivity contribution in [1.82, 2.24) is 4.31 Å². The van der Waals surface area contributed by atoms with Crippen LogP contribution in [0.1, 0.15) is 18.4 Å². The fourth-order valence-electron chi connectivity index (χ4n) is 2.52. The molecule has 1 saturated heterocycles. The van der Waals surface area contributed by atoms with Crippen LogP contribution in [0, 0.1) is 12.8 Å². The van der Waals surface area contributed by atoms with Gasteiger partial charge in [0.25, 0.3) is 0 Å². The van der Waals surface area contributed by atoms with Crippen LogP contribution in [-0.4, -0.2) is 38.8 Å². The molecule has 0 saturated carbocycles. The van der Waals surface area contributed by atoms with E-state index < -0.39 is 10.0 Å². The Labute approximate surface area is 138 Å². The Balaban J connectivity index is 2.32. The minimum Gasteiger partial charge on any atom is -0.495 e. The lowest BCUT2D eigenvalue weighted by Gasteiger charge is -2.30. The highest BCUT2D eigenvalue weighted by molar-refractivity contribution is 9.10. The largest absolute Gasteiger partial charge is 0.495 e. The zero-order chi connectivity index (χ0) is 16.5. The third kappa shape index (κ3) is 3.28. The smallest absolute Gasteiger partial charge is 0.246 e. The summed E-state index contributed by atoms with van der Waals surface area (Å²) in [5.74, 6) is -0.302. The molecule has 0 atom stereocenters. The summed E-state index contributed by atoms with van der Waals surface area (Å²) in [6, 6.07) is 3.25. The first kappa shape index (κ1) is 17.2. The number of nitrogens with zero attached hydrogens (tertiary/aromatic N) is 1. The van der Waals surface area contributed by atoms with Crippen LogP contribution in [0.25, 0.3) is 0 Å². The molecular weight excluding hydrogens is 372 g/mol. The molecule has 1 fully saturated rings. The van der Waals surface area contributed by atoms with E-state index in [0.29, 0.717) is 23.1 Å². The number of sulfonamides is 1. The SMILES string of the molecule is COc1cc(C)c(Br)cc1S(=O)(=O)N1CCC(C(N)=O)CC1. The van der Waals surface area contributed by atoms with E-state index in [1.54, 1.807) is 12.1 Å². The number of carbonyl (C=O) groups excluding carboxylic acids is 1. The molecule has 2 rings (SSSR count). The molecule has 0 bridgehead atoms. The van der Waals surface area contributed by atoms with E-state index in [-0.39, 0.29) is 29.8 Å². The molecular formula is C14H19BrN2O4S. The minimum absolute atomic E-state index is 0.130. The molecule has 1 heterocycles. The zero-order valence-corrected chi connectivity index (χ0v) is 14.9. The number of piperidine rings is 1. The van der Waals surface area contributed by atoms with Gasteiger partial charge in [-0.25, -0.2) is 8.42 Å². The van der Waals surface area contributed by atoms with Crippen LogP contribution in [0.5, 0.6) is 5.75 Å². The number of halogens is 1. The average molecular weight is 391 g/mol. The quantitative estimate of drug-likeness (QED) is 0.845. The summed E-state index contributed by atoms with van der Waals surface area (Å²) >= 11 is 3.35. The highest BCUT2D eigenvalue weighted by atomic mass is 79.9. The first-order valence-electron chi connectivity index (χ1n) is 6.91. The van der Waals surface area contributed by atoms with Crippen LogP contribution in [0.2, 0.25) is 0 Å². The summed E-state index contributed by atoms with van der Waals surface area (Å²) in [6.07, 6.45) is 0.897. The highest BCUT2D eigenvalue weighted by Crippen LogP contribution is 2.33. The molecule has 8 heteroatoms. The summed E-state index contributed by atoms with van der Waals surface area (Å²) in [4.78, 5) is 11.3. The Morgan fingerprint density at radius 3 is 2.45 bits per heavy atom. The maximum Gasteiger partial charge on any atom is 0.246 e. The lowest BCUT2D eigenvalue weighted by Crippen LogP contribution is -2.41. The van der Waals surface area contributed by atoms with Gasteiger partial charge in [-0.2, -0.15) is 4.31 Å². The van der Waals surface area contributed by atoms with Gasteiger partial charge < -0.3 is 10.5 Å². The van der Waals surface area contributed by atoms with E-state index in [4.69, 9.17) is 10.5 Å². The number of hydrogen-bond donors (Lipinski definition) is 1. The zero-order valence-electron chi connectivity index (χ0n) is 12.5. The average Bonchev–Trinajstić information content (AvgIpc) is 2.49. The van der Waals surface area contributed by atoms with Crippen LogP contribution in [-0.2, 0) is 14.8 Å². The summed E-state index contributed by atoms with van der Waals surface area (Å²) in [5, 5.41) is 0. The Hall–Kier alpha value is -1.12. The summed E-state index contributed by atoms with van der Waals surface area (Å²) < 4.78 is 32.9. The standard InChI is InChI=1S/C14H19BrN2O4S/c1-9-7-12(21-2)13(8-11(9)15)22(19,20)17-5-3-10(4-6-17)14(16)18/h7-8,10H,3-6H2,1-2H3,(H2,16,18). The second-order valence-electron chi connectivity index (χ2n) is 5.33. The number of methoxy groups -OCH3 is 1. The Morgan fingerprint density at radius 2 is 1.95 bits per heavy atom. The van der Waals surface area contributed by atoms with Crippen molar-refractivity contribution in [2.75, 3.05) is 20.2 Å². The van der Waals surface area contributed by atoms with Crippen molar-refractivity contribution in [2.45, 2.75) is 24.7 Å². The Morgan fingerprint density at radius 1 is 1.36 bits per heavy atom. The Bertz CT molecular complexity index is 682. The molecule has 1 aliphatic heterocycles. The van der Waals surface area contributed by atoms with Crippen molar-refractivity contribution in [2.24, 2.45) is 11.7 Å². The van der Waals surface area contributed by atoms with E-state index in [1.165, 1.54) is 11.4 Å². The van der Waals surface area contributed by atoms with Crippen molar-refractivity contribution in [1.29, 1.82) is 0 Å². The minimum atomic E-state index is -3.67. The number of nitrogens with two attached hydrogens (primary N) is 1. The van der Waals surface area contributed by atoms with Gasteiger partial charge in [0.05, 0.1) is 7.11 Å². The molecule has 6 nitrogen and oxygen atoms in total. The van der Waals surface area contributed by atoms with E-state index in [2.05, 4.69) is 15.9 Å². The van der Waals surface area contributed by atoms with E-state index in [0.717, 1.165) is 5.56 Å². The second kappa shape index (κ2) is 6.55. The molecule has 1 aromatic rings. The van der Waals surface area contributed by atoms with Crippen LogP contribution in [0.15, 0.2) is 21.5 Å². The van der Waals surface area contributed by atoms with Crippen molar-refractivity contribution in [3.8, 4) is 5.75 Å². The summed E-state index contributed by atoms with van der Waals surface area (Å²) in [6.45, 7) is 2.43. The third-order valence-corrected chi connectivity index (χ3v) is 6.69. The first-order valence-corrected chi connectivity index (χ1v) is 9.14. The molecule has 0 spiro atoms. The number of amides is 1. The van der Waals surface area contributed by atoms with Crippen molar-refractivity contribution in [3.63, 3.8) is 0 Å². The number of rotatable bonds is 4. The van der Waals surface area contributed by atoms with E-state index in [1.807, 2.05) is 6.92 Å². The van der Waals surface area contributed by atoms with Gasteiger partial charge in [-0.3, -0.25) is 4.79 Å². The molecule has 22 heavy (non-hydrogen) atoms. The van der Waals surface area contributed by atoms with Gasteiger partial charge in [-0.1, -0.05) is 15.9 Å². The van der Waals surface area contributed by atoms with Gasteiger partial charge in [0, 0.05) is 23.5 Å². The van der Waals surface area contributed by atoms with Gasteiger partial charge in [-0.05, 0) is 37.5 Å². The molecule has 1 aliphatic rings. The lowest BCUT2D eigenvalue weighted by atomic mass is 9.98. The van der Waals surface area contributed by atoms with Crippen molar-refractivity contribution < 1.29 is 17.9 Å². The second-order valence-corrected chi connectivity index (χ2v) is 8.09. The van der Waals surface area contributed by atoms with E-state index in [9.17, 15) is 13.2 Å². The molecule has 1 aromatic carbocycles. The maximum atomic E-state index is 12.8. The number of primary amides is 1. The molecule has 0 radical (unpaired) electrons. The first-order chi connectivity index (χ1) is 10.3. The van der Waals surface area contributed by atoms with Crippen LogP contribution < -0.4 is 10.5 Å². The monoisotopic (exact) mass is 390 g/mol. The number of ether oxygens (including phenoxy) is 1. The molecule has 0 aromatic heterocycles. The number of hydrogen-bond acceptors (Lipinski definition) is 4. The lowest BCUT2D eigenvalue weighted by molar-refractivity contribution is -0.122. The fraction of sp³-hybridized carbons (Fsp3) is 0.500. The molecule has 2 N–H and O–H groups in total. The topological polar surface area (TPSA) is 89.7 Å². The summed E-state index contributed by atoms with van der Waals surface area (Å²) in [7, 11) is -2.22. The number of benzene rings is 1. The molecule has 1 amide bonds. The number of aryl methyl sites for hydroxylation is 1. The van der Waals surface area contributed by atoms with Gasteiger partial charge in [0.1, 0.15) is 10.6 Å². The normalized spacial score (nSPS) is 17.4. The van der Waals surface area contributed by atoms with Gasteiger partial charge in [0.2, 0.25) is 15.9 Å². The number of carbonyl (C=O) groups is 1. The van der Waals surface area contributed by atoms with Crippen LogP contribution in [0.4, 0.5) is 0 Å². The summed E-state index contributed by atoms with van der Waals surface area (Å²) in [5.41, 5.74) is 6.17. The molecule has 0 unspecified atom stereocenters. The third-order valence-electron chi connectivity index (χ3n) is 3.92. The van der Waals surface area contributed by atoms with Crippen LogP contribution in [0.3, 0.4) is 0 Å². The predicted molar refractivity (Wildman–Crippen MR) is 86.1 cm³/mol. The Kier molecular flexibility index (Phi) is 5.14. The maximum absolute atomic E-state index is 12.8. The van der Waals surface area contributed by atoms with Crippen LogP contribution >= 0.6 is 15.9 Å². The highest BCUT2D eigenvalue weighted by Gasteiger charge is 2.33. The van der Waals surface area contributed by atoms with Crippen molar-refractivity contribution >= 4 is 31.9 Å². The molecule has 122 valence electrons. The van der Waals surface area contributed by atoms with Crippen molar-refractivity contribution in [3.05, 3.63) is 22.2 Å². The van der Waals surface area contributed by atoms with Gasteiger partial charge in [0.15, 0.2) is 0 Å². The van der Waals surface area contributed by atoms with Gasteiger partial charge in [-0.15, -0.1) is 0 Å². The van der Waals surface area contributed by atoms with Gasteiger partial charge >= 0.3 is 0 Å².